The van der Waals surface area contributed by atoms with Crippen LogP contribution in [0.2, 0.25) is 0 Å². The average Bonchev–Trinajstić information content (AvgIpc) is 2.20. The van der Waals surface area contributed by atoms with Crippen molar-refractivity contribution in [1.82, 2.24) is 5.32 Å². The van der Waals surface area contributed by atoms with Crippen molar-refractivity contribution in [2.24, 2.45) is 0 Å². The first kappa shape index (κ1) is 10.7. The van der Waals surface area contributed by atoms with Gasteiger partial charge in [0.1, 0.15) is 6.04 Å². The minimum Gasteiger partial charge on any atom is -0.480 e. The lowest BCUT2D eigenvalue weighted by Crippen LogP contribution is -2.34. The summed E-state index contributed by atoms with van der Waals surface area (Å²) < 4.78 is 0. The number of carbonyl (C=O) groups is 1. The molecule has 0 aromatic heterocycles. The topological polar surface area (TPSA) is 49.3 Å². The predicted molar refractivity (Wildman–Crippen MR) is 55.2 cm³/mol. The first-order valence-electron chi connectivity index (χ1n) is 4.68. The summed E-state index contributed by atoms with van der Waals surface area (Å²) in [6.45, 7) is 0. The monoisotopic (exact) mass is 193 g/mol. The fourth-order valence-corrected chi connectivity index (χ4v) is 1.35. The van der Waals surface area contributed by atoms with Crippen LogP contribution in [0.1, 0.15) is 12.0 Å². The zero-order chi connectivity index (χ0) is 10.4. The average molecular weight is 193 g/mol. The Hall–Kier alpha value is -1.35. The third kappa shape index (κ3) is 3.18. The summed E-state index contributed by atoms with van der Waals surface area (Å²) in [5, 5.41) is 11.6. The van der Waals surface area contributed by atoms with Gasteiger partial charge >= 0.3 is 5.97 Å². The summed E-state index contributed by atoms with van der Waals surface area (Å²) in [5.74, 6) is -0.788. The maximum Gasteiger partial charge on any atom is 0.320 e. The van der Waals surface area contributed by atoms with Gasteiger partial charge in [0.2, 0.25) is 0 Å². The molecule has 0 unspecified atom stereocenters. The Morgan fingerprint density at radius 2 is 2.07 bits per heavy atom. The molecule has 0 bridgehead atoms. The van der Waals surface area contributed by atoms with E-state index in [1.54, 1.807) is 7.05 Å². The summed E-state index contributed by atoms with van der Waals surface area (Å²) in [5.41, 5.74) is 1.18. The minimum atomic E-state index is -0.788. The summed E-state index contributed by atoms with van der Waals surface area (Å²) in [6, 6.07) is 9.45. The Balaban J connectivity index is 2.44. The molecule has 0 amide bonds. The summed E-state index contributed by atoms with van der Waals surface area (Å²) >= 11 is 0. The predicted octanol–water partition coefficient (Wildman–Crippen LogP) is 1.29. The van der Waals surface area contributed by atoms with Crippen LogP contribution in [0.3, 0.4) is 0 Å². The second-order valence-electron chi connectivity index (χ2n) is 3.20. The molecule has 0 heterocycles. The van der Waals surface area contributed by atoms with E-state index in [-0.39, 0.29) is 0 Å². The first-order valence-corrected chi connectivity index (χ1v) is 4.68. The Bertz CT molecular complexity index is 285. The lowest BCUT2D eigenvalue weighted by molar-refractivity contribution is -0.139. The molecule has 0 spiro atoms. The molecular weight excluding hydrogens is 178 g/mol. The van der Waals surface area contributed by atoms with Crippen molar-refractivity contribution in [3.8, 4) is 0 Å². The molecule has 76 valence electrons. The normalized spacial score (nSPS) is 12.4. The van der Waals surface area contributed by atoms with Crippen LogP contribution >= 0.6 is 0 Å². The van der Waals surface area contributed by atoms with Gasteiger partial charge in [0, 0.05) is 0 Å². The highest BCUT2D eigenvalue weighted by atomic mass is 16.4. The molecule has 0 aliphatic heterocycles. The number of aliphatic carboxylic acids is 1. The van der Waals surface area contributed by atoms with Crippen LogP contribution in [0.5, 0.6) is 0 Å². The number of aryl methyl sites for hydroxylation is 1. The van der Waals surface area contributed by atoms with E-state index in [0.717, 1.165) is 6.42 Å². The van der Waals surface area contributed by atoms with E-state index in [1.165, 1.54) is 5.56 Å². The Labute approximate surface area is 83.8 Å². The minimum absolute atomic E-state index is 0.449. The first-order chi connectivity index (χ1) is 6.74. The number of carboxylic acid groups (broad SMARTS) is 1. The largest absolute Gasteiger partial charge is 0.480 e. The molecule has 3 heteroatoms. The molecule has 0 aliphatic rings. The van der Waals surface area contributed by atoms with Crippen LogP contribution < -0.4 is 5.32 Å². The molecule has 0 radical (unpaired) electrons. The van der Waals surface area contributed by atoms with E-state index in [0.29, 0.717) is 6.42 Å². The van der Waals surface area contributed by atoms with Crippen LogP contribution in [-0.4, -0.2) is 24.2 Å². The van der Waals surface area contributed by atoms with E-state index in [1.807, 2.05) is 30.3 Å². The Kier molecular flexibility index (Phi) is 4.13. The number of benzene rings is 1. The summed E-state index contributed by atoms with van der Waals surface area (Å²) in [4.78, 5) is 10.7. The number of hydrogen-bond donors (Lipinski definition) is 2. The molecule has 0 aliphatic carbocycles. The van der Waals surface area contributed by atoms with Crippen molar-refractivity contribution >= 4 is 5.97 Å². The fraction of sp³-hybridized carbons (Fsp3) is 0.364. The fourth-order valence-electron chi connectivity index (χ4n) is 1.35. The molecule has 3 nitrogen and oxygen atoms in total. The maximum absolute atomic E-state index is 10.7. The molecule has 14 heavy (non-hydrogen) atoms. The molecular formula is C11H15NO2. The van der Waals surface area contributed by atoms with Gasteiger partial charge in [0.15, 0.2) is 0 Å². The van der Waals surface area contributed by atoms with Gasteiger partial charge in [-0.25, -0.2) is 0 Å². The Morgan fingerprint density at radius 1 is 1.43 bits per heavy atom. The van der Waals surface area contributed by atoms with E-state index < -0.39 is 12.0 Å². The van der Waals surface area contributed by atoms with Crippen LogP contribution in [0, 0.1) is 0 Å². The number of rotatable bonds is 5. The van der Waals surface area contributed by atoms with Gasteiger partial charge in [0.05, 0.1) is 0 Å². The number of carboxylic acids is 1. The van der Waals surface area contributed by atoms with Crippen molar-refractivity contribution in [2.75, 3.05) is 7.05 Å². The number of likely N-dealkylation sites (N-methyl/N-ethyl adjacent to an activating group) is 1. The van der Waals surface area contributed by atoms with Crippen molar-refractivity contribution < 1.29 is 9.90 Å². The van der Waals surface area contributed by atoms with E-state index in [9.17, 15) is 4.79 Å². The third-order valence-corrected chi connectivity index (χ3v) is 2.21. The van der Waals surface area contributed by atoms with Crippen LogP contribution in [0.4, 0.5) is 0 Å². The smallest absolute Gasteiger partial charge is 0.320 e. The molecule has 0 fully saturated rings. The molecule has 1 aromatic carbocycles. The van der Waals surface area contributed by atoms with Crippen molar-refractivity contribution in [3.05, 3.63) is 35.9 Å². The van der Waals surface area contributed by atoms with Gasteiger partial charge in [-0.05, 0) is 25.5 Å². The lowest BCUT2D eigenvalue weighted by Gasteiger charge is -2.10. The summed E-state index contributed by atoms with van der Waals surface area (Å²) in [6.07, 6.45) is 1.41. The zero-order valence-corrected chi connectivity index (χ0v) is 8.23. The third-order valence-electron chi connectivity index (χ3n) is 2.21. The van der Waals surface area contributed by atoms with Gasteiger partial charge in [-0.15, -0.1) is 0 Å². The zero-order valence-electron chi connectivity index (χ0n) is 8.23. The highest BCUT2D eigenvalue weighted by Gasteiger charge is 2.13. The highest BCUT2D eigenvalue weighted by molar-refractivity contribution is 5.73. The number of nitrogens with one attached hydrogen (secondary N) is 1. The van der Waals surface area contributed by atoms with Crippen molar-refractivity contribution in [1.29, 1.82) is 0 Å². The van der Waals surface area contributed by atoms with Crippen LogP contribution in [0.15, 0.2) is 30.3 Å². The van der Waals surface area contributed by atoms with Crippen LogP contribution in [0.25, 0.3) is 0 Å². The van der Waals surface area contributed by atoms with E-state index in [2.05, 4.69) is 5.32 Å². The van der Waals surface area contributed by atoms with Gasteiger partial charge in [-0.2, -0.15) is 0 Å². The van der Waals surface area contributed by atoms with Crippen molar-refractivity contribution in [2.45, 2.75) is 18.9 Å². The molecule has 0 saturated heterocycles. The lowest BCUT2D eigenvalue weighted by atomic mass is 10.1. The second kappa shape index (κ2) is 5.40. The molecule has 2 N–H and O–H groups in total. The standard InChI is InChI=1S/C11H15NO2/c1-12-10(11(13)14)8-7-9-5-3-2-4-6-9/h2-6,10,12H,7-8H2,1H3,(H,13,14)/t10-/m0/s1. The van der Waals surface area contributed by atoms with Gasteiger partial charge < -0.3 is 10.4 Å². The van der Waals surface area contributed by atoms with E-state index in [4.69, 9.17) is 5.11 Å². The van der Waals surface area contributed by atoms with Gasteiger partial charge in [0.25, 0.3) is 0 Å². The number of hydrogen-bond acceptors (Lipinski definition) is 2. The highest BCUT2D eigenvalue weighted by Crippen LogP contribution is 2.04. The van der Waals surface area contributed by atoms with Crippen LogP contribution in [-0.2, 0) is 11.2 Å². The molecule has 1 rings (SSSR count). The van der Waals surface area contributed by atoms with Gasteiger partial charge in [-0.3, -0.25) is 4.79 Å². The van der Waals surface area contributed by atoms with Gasteiger partial charge in [-0.1, -0.05) is 30.3 Å². The quantitative estimate of drug-likeness (QED) is 0.741. The molecule has 0 saturated carbocycles. The Morgan fingerprint density at radius 3 is 2.57 bits per heavy atom. The summed E-state index contributed by atoms with van der Waals surface area (Å²) in [7, 11) is 1.67. The SMILES string of the molecule is CN[C@@H](CCc1ccccc1)C(=O)O. The maximum atomic E-state index is 10.7. The van der Waals surface area contributed by atoms with E-state index >= 15 is 0 Å². The molecule has 1 aromatic rings. The molecule has 1 atom stereocenters. The second-order valence-corrected chi connectivity index (χ2v) is 3.20. The van der Waals surface area contributed by atoms with Crippen molar-refractivity contribution in [3.63, 3.8) is 0 Å².